The van der Waals surface area contributed by atoms with Crippen molar-refractivity contribution in [2.45, 2.75) is 13.0 Å². The van der Waals surface area contributed by atoms with E-state index in [1.165, 1.54) is 0 Å². The summed E-state index contributed by atoms with van der Waals surface area (Å²) in [5.41, 5.74) is 1.81. The lowest BCUT2D eigenvalue weighted by molar-refractivity contribution is 0.0932. The van der Waals surface area contributed by atoms with Crippen LogP contribution < -0.4 is 4.74 Å². The van der Waals surface area contributed by atoms with Gasteiger partial charge in [-0.3, -0.25) is 4.79 Å². The molecular weight excluding hydrogens is 252 g/mol. The molecule has 0 saturated heterocycles. The van der Waals surface area contributed by atoms with Crippen LogP contribution in [0, 0.1) is 0 Å². The third-order valence-corrected chi connectivity index (χ3v) is 2.96. The van der Waals surface area contributed by atoms with Gasteiger partial charge < -0.3 is 9.47 Å². The third kappa shape index (κ3) is 4.21. The van der Waals surface area contributed by atoms with Gasteiger partial charge in [-0.2, -0.15) is 0 Å². The molecule has 0 atom stereocenters. The molecule has 2 rings (SSSR count). The van der Waals surface area contributed by atoms with E-state index in [1.54, 1.807) is 19.2 Å². The van der Waals surface area contributed by atoms with Gasteiger partial charge in [0, 0.05) is 19.1 Å². The highest BCUT2D eigenvalue weighted by molar-refractivity contribution is 5.96. The van der Waals surface area contributed by atoms with Crippen molar-refractivity contribution in [1.82, 2.24) is 0 Å². The summed E-state index contributed by atoms with van der Waals surface area (Å²) in [5.74, 6) is 0.846. The molecule has 3 heteroatoms. The van der Waals surface area contributed by atoms with Gasteiger partial charge in [-0.05, 0) is 29.8 Å². The van der Waals surface area contributed by atoms with Crippen LogP contribution >= 0.6 is 0 Å². The van der Waals surface area contributed by atoms with E-state index in [4.69, 9.17) is 9.47 Å². The minimum atomic E-state index is 0.0847. The molecule has 0 aliphatic rings. The zero-order valence-electron chi connectivity index (χ0n) is 11.5. The van der Waals surface area contributed by atoms with Gasteiger partial charge in [0.15, 0.2) is 5.78 Å². The standard InChI is InChI=1S/C17H18O3/c1-19-12-11-17(18)15-7-9-16(10-8-15)20-13-14-5-3-2-4-6-14/h2-10H,11-13H2,1H3. The van der Waals surface area contributed by atoms with E-state index in [0.29, 0.717) is 25.2 Å². The van der Waals surface area contributed by atoms with Crippen LogP contribution in [0.3, 0.4) is 0 Å². The van der Waals surface area contributed by atoms with Gasteiger partial charge in [0.05, 0.1) is 6.61 Å². The van der Waals surface area contributed by atoms with Gasteiger partial charge in [-0.1, -0.05) is 30.3 Å². The molecule has 0 amide bonds. The average Bonchev–Trinajstić information content (AvgIpc) is 2.52. The second-order valence-electron chi connectivity index (χ2n) is 4.46. The van der Waals surface area contributed by atoms with E-state index in [0.717, 1.165) is 11.3 Å². The molecule has 0 N–H and O–H groups in total. The number of methoxy groups -OCH3 is 1. The molecule has 0 unspecified atom stereocenters. The predicted octanol–water partition coefficient (Wildman–Crippen LogP) is 3.48. The first-order chi connectivity index (χ1) is 9.79. The van der Waals surface area contributed by atoms with Crippen LogP contribution in [0.1, 0.15) is 22.3 Å². The minimum Gasteiger partial charge on any atom is -0.489 e. The maximum Gasteiger partial charge on any atom is 0.165 e. The SMILES string of the molecule is COCCC(=O)c1ccc(OCc2ccccc2)cc1. The molecule has 0 heterocycles. The number of benzene rings is 2. The van der Waals surface area contributed by atoms with Crippen LogP contribution in [-0.4, -0.2) is 19.5 Å². The van der Waals surface area contributed by atoms with E-state index >= 15 is 0 Å². The zero-order chi connectivity index (χ0) is 14.2. The van der Waals surface area contributed by atoms with Crippen LogP contribution in [0.15, 0.2) is 54.6 Å². The van der Waals surface area contributed by atoms with Gasteiger partial charge >= 0.3 is 0 Å². The van der Waals surface area contributed by atoms with Gasteiger partial charge in [0.2, 0.25) is 0 Å². The second-order valence-corrected chi connectivity index (χ2v) is 4.46. The Bertz CT molecular complexity index is 532. The van der Waals surface area contributed by atoms with Crippen molar-refractivity contribution in [2.24, 2.45) is 0 Å². The Morgan fingerprint density at radius 1 is 1.00 bits per heavy atom. The third-order valence-electron chi connectivity index (χ3n) is 2.96. The van der Waals surface area contributed by atoms with Crippen molar-refractivity contribution < 1.29 is 14.3 Å². The molecule has 3 nitrogen and oxygen atoms in total. The van der Waals surface area contributed by atoms with Crippen LogP contribution in [0.4, 0.5) is 0 Å². The van der Waals surface area contributed by atoms with Crippen molar-refractivity contribution in [1.29, 1.82) is 0 Å². The van der Waals surface area contributed by atoms with Crippen molar-refractivity contribution in [3.63, 3.8) is 0 Å². The summed E-state index contributed by atoms with van der Waals surface area (Å²) >= 11 is 0. The molecule has 0 radical (unpaired) electrons. The summed E-state index contributed by atoms with van der Waals surface area (Å²) in [5, 5.41) is 0. The first-order valence-corrected chi connectivity index (χ1v) is 6.58. The molecular formula is C17H18O3. The molecule has 104 valence electrons. The zero-order valence-corrected chi connectivity index (χ0v) is 11.5. The quantitative estimate of drug-likeness (QED) is 0.722. The number of ether oxygens (including phenoxy) is 2. The predicted molar refractivity (Wildman–Crippen MR) is 78.0 cm³/mol. The first kappa shape index (κ1) is 14.3. The van der Waals surface area contributed by atoms with Crippen molar-refractivity contribution >= 4 is 5.78 Å². The molecule has 0 aliphatic heterocycles. The van der Waals surface area contributed by atoms with Crippen molar-refractivity contribution in [3.05, 3.63) is 65.7 Å². The Kier molecular flexibility index (Phi) is 5.33. The van der Waals surface area contributed by atoms with Gasteiger partial charge in [-0.15, -0.1) is 0 Å². The Labute approximate surface area is 119 Å². The van der Waals surface area contributed by atoms with Crippen LogP contribution in [0.5, 0.6) is 5.75 Å². The minimum absolute atomic E-state index is 0.0847. The van der Waals surface area contributed by atoms with Crippen molar-refractivity contribution in [2.75, 3.05) is 13.7 Å². The molecule has 0 aromatic heterocycles. The summed E-state index contributed by atoms with van der Waals surface area (Å²) < 4.78 is 10.6. The fourth-order valence-electron chi connectivity index (χ4n) is 1.82. The highest BCUT2D eigenvalue weighted by atomic mass is 16.5. The summed E-state index contributed by atoms with van der Waals surface area (Å²) in [6, 6.07) is 17.2. The maximum absolute atomic E-state index is 11.8. The fraction of sp³-hybridized carbons (Fsp3) is 0.235. The molecule has 0 fully saturated rings. The molecule has 0 saturated carbocycles. The number of carbonyl (C=O) groups excluding carboxylic acids is 1. The molecule has 20 heavy (non-hydrogen) atoms. The molecule has 2 aromatic carbocycles. The normalized spacial score (nSPS) is 10.2. The number of Topliss-reactive ketones (excluding diaryl/α,β-unsaturated/α-hetero) is 1. The van der Waals surface area contributed by atoms with E-state index in [2.05, 4.69) is 0 Å². The Balaban J connectivity index is 1.90. The van der Waals surface area contributed by atoms with Gasteiger partial charge in [0.25, 0.3) is 0 Å². The highest BCUT2D eigenvalue weighted by Gasteiger charge is 2.05. The first-order valence-electron chi connectivity index (χ1n) is 6.58. The van der Waals surface area contributed by atoms with Crippen molar-refractivity contribution in [3.8, 4) is 5.75 Å². The Hall–Kier alpha value is -2.13. The van der Waals surface area contributed by atoms with E-state index in [9.17, 15) is 4.79 Å². The lowest BCUT2D eigenvalue weighted by Gasteiger charge is -2.07. The summed E-state index contributed by atoms with van der Waals surface area (Å²) in [6.07, 6.45) is 0.403. The van der Waals surface area contributed by atoms with E-state index < -0.39 is 0 Å². The largest absolute Gasteiger partial charge is 0.489 e. The maximum atomic E-state index is 11.8. The Morgan fingerprint density at radius 2 is 1.70 bits per heavy atom. The Morgan fingerprint density at radius 3 is 2.35 bits per heavy atom. The smallest absolute Gasteiger partial charge is 0.165 e. The molecule has 0 spiro atoms. The van der Waals surface area contributed by atoms with Crippen LogP contribution in [-0.2, 0) is 11.3 Å². The number of hydrogen-bond acceptors (Lipinski definition) is 3. The van der Waals surface area contributed by atoms with E-state index in [1.807, 2.05) is 42.5 Å². The van der Waals surface area contributed by atoms with E-state index in [-0.39, 0.29) is 5.78 Å². The topological polar surface area (TPSA) is 35.5 Å². The second kappa shape index (κ2) is 7.46. The number of carbonyl (C=O) groups is 1. The monoisotopic (exact) mass is 270 g/mol. The van der Waals surface area contributed by atoms with Gasteiger partial charge in [0.1, 0.15) is 12.4 Å². The highest BCUT2D eigenvalue weighted by Crippen LogP contribution is 2.15. The summed E-state index contributed by atoms with van der Waals surface area (Å²) in [6.45, 7) is 0.975. The summed E-state index contributed by atoms with van der Waals surface area (Å²) in [4.78, 5) is 11.8. The summed E-state index contributed by atoms with van der Waals surface area (Å²) in [7, 11) is 1.59. The lowest BCUT2D eigenvalue weighted by Crippen LogP contribution is -2.03. The number of rotatable bonds is 7. The lowest BCUT2D eigenvalue weighted by atomic mass is 10.1. The average molecular weight is 270 g/mol. The molecule has 0 aliphatic carbocycles. The molecule has 0 bridgehead atoms. The number of hydrogen-bond donors (Lipinski definition) is 0. The number of ketones is 1. The van der Waals surface area contributed by atoms with Crippen LogP contribution in [0.25, 0.3) is 0 Å². The van der Waals surface area contributed by atoms with Gasteiger partial charge in [-0.25, -0.2) is 0 Å². The fourth-order valence-corrected chi connectivity index (χ4v) is 1.82. The van der Waals surface area contributed by atoms with Crippen LogP contribution in [0.2, 0.25) is 0 Å². The molecule has 2 aromatic rings.